The smallest absolute Gasteiger partial charge is 0.304 e. The first-order valence-electron chi connectivity index (χ1n) is 4.42. The van der Waals surface area contributed by atoms with E-state index in [4.69, 9.17) is 5.11 Å². The number of anilines is 1. The van der Waals surface area contributed by atoms with Gasteiger partial charge in [0.2, 0.25) is 0 Å². The second-order valence-corrected chi connectivity index (χ2v) is 3.41. The van der Waals surface area contributed by atoms with Crippen LogP contribution in [0.15, 0.2) is 18.2 Å². The molecular weight excluding hydrogens is 185 g/mol. The minimum Gasteiger partial charge on any atom is -0.481 e. The molecule has 0 radical (unpaired) electrons. The van der Waals surface area contributed by atoms with Crippen molar-refractivity contribution >= 4 is 11.7 Å². The van der Waals surface area contributed by atoms with E-state index >= 15 is 0 Å². The summed E-state index contributed by atoms with van der Waals surface area (Å²) in [5, 5.41) is 11.7. The first-order chi connectivity index (χ1) is 6.66. The van der Waals surface area contributed by atoms with Crippen molar-refractivity contribution in [3.8, 4) is 0 Å². The Kier molecular flexibility index (Phi) is 2.11. The van der Waals surface area contributed by atoms with E-state index < -0.39 is 5.97 Å². The quantitative estimate of drug-likeness (QED) is 0.756. The number of rotatable bonds is 2. The third-order valence-electron chi connectivity index (χ3n) is 2.41. The molecule has 74 valence electrons. The number of aliphatic carboxylic acids is 1. The first-order valence-corrected chi connectivity index (χ1v) is 4.42. The molecule has 0 unspecified atom stereocenters. The largest absolute Gasteiger partial charge is 0.481 e. The van der Waals surface area contributed by atoms with E-state index in [9.17, 15) is 9.18 Å². The van der Waals surface area contributed by atoms with Crippen molar-refractivity contribution in [1.82, 2.24) is 0 Å². The Hall–Kier alpha value is -1.58. The van der Waals surface area contributed by atoms with Crippen LogP contribution in [0.25, 0.3) is 0 Å². The molecule has 2 N–H and O–H groups in total. The molecule has 1 aliphatic rings. The molecule has 2 rings (SSSR count). The van der Waals surface area contributed by atoms with E-state index in [1.807, 2.05) is 0 Å². The summed E-state index contributed by atoms with van der Waals surface area (Å²) in [6.45, 7) is 0.574. The summed E-state index contributed by atoms with van der Waals surface area (Å²) in [4.78, 5) is 10.5. The van der Waals surface area contributed by atoms with E-state index in [-0.39, 0.29) is 18.2 Å². The van der Waals surface area contributed by atoms with Gasteiger partial charge in [-0.05, 0) is 23.8 Å². The van der Waals surface area contributed by atoms with E-state index in [2.05, 4.69) is 5.32 Å². The molecule has 0 aliphatic carbocycles. The summed E-state index contributed by atoms with van der Waals surface area (Å²) in [6, 6.07) is 4.42. The highest BCUT2D eigenvalue weighted by molar-refractivity contribution is 5.70. The molecule has 0 fully saturated rings. The van der Waals surface area contributed by atoms with Gasteiger partial charge in [0.05, 0.1) is 6.42 Å². The van der Waals surface area contributed by atoms with E-state index in [1.54, 1.807) is 6.07 Å². The number of hydrogen-bond donors (Lipinski definition) is 2. The molecular formula is C10H10FNO2. The summed E-state index contributed by atoms with van der Waals surface area (Å²) in [6.07, 6.45) is 0.0451. The van der Waals surface area contributed by atoms with Crippen molar-refractivity contribution < 1.29 is 14.3 Å². The molecule has 0 bridgehead atoms. The monoisotopic (exact) mass is 195 g/mol. The Bertz CT molecular complexity index is 378. The molecule has 0 amide bonds. The average Bonchev–Trinajstić information content (AvgIpc) is 2.47. The van der Waals surface area contributed by atoms with Crippen molar-refractivity contribution in [3.05, 3.63) is 29.6 Å². The van der Waals surface area contributed by atoms with Crippen molar-refractivity contribution in [2.24, 2.45) is 0 Å². The van der Waals surface area contributed by atoms with Crippen molar-refractivity contribution in [3.63, 3.8) is 0 Å². The van der Waals surface area contributed by atoms with Gasteiger partial charge in [0, 0.05) is 18.2 Å². The summed E-state index contributed by atoms with van der Waals surface area (Å²) >= 11 is 0. The lowest BCUT2D eigenvalue weighted by molar-refractivity contribution is -0.137. The Morgan fingerprint density at radius 2 is 2.43 bits per heavy atom. The first kappa shape index (κ1) is 8.99. The molecule has 1 aromatic carbocycles. The van der Waals surface area contributed by atoms with Gasteiger partial charge in [-0.25, -0.2) is 4.39 Å². The Morgan fingerprint density at radius 1 is 1.64 bits per heavy atom. The van der Waals surface area contributed by atoms with Crippen LogP contribution in [0.3, 0.4) is 0 Å². The average molecular weight is 195 g/mol. The summed E-state index contributed by atoms with van der Waals surface area (Å²) < 4.78 is 12.9. The van der Waals surface area contributed by atoms with E-state index in [0.717, 1.165) is 11.3 Å². The Morgan fingerprint density at radius 3 is 3.14 bits per heavy atom. The van der Waals surface area contributed by atoms with Crippen LogP contribution in [0.4, 0.5) is 10.1 Å². The highest BCUT2D eigenvalue weighted by Crippen LogP contribution is 2.33. The number of fused-ring (bicyclic) bond motifs is 1. The third-order valence-corrected chi connectivity index (χ3v) is 2.41. The third kappa shape index (κ3) is 1.55. The number of benzene rings is 1. The van der Waals surface area contributed by atoms with Gasteiger partial charge in [-0.15, -0.1) is 0 Å². The van der Waals surface area contributed by atoms with Crippen molar-refractivity contribution in [2.45, 2.75) is 12.3 Å². The highest BCUT2D eigenvalue weighted by Gasteiger charge is 2.24. The second kappa shape index (κ2) is 3.29. The normalized spacial score (nSPS) is 18.8. The maximum atomic E-state index is 12.9. The van der Waals surface area contributed by atoms with Crippen LogP contribution < -0.4 is 5.32 Å². The maximum absolute atomic E-state index is 12.9. The lowest BCUT2D eigenvalue weighted by atomic mass is 9.98. The predicted molar refractivity (Wildman–Crippen MR) is 49.9 cm³/mol. The molecule has 3 nitrogen and oxygen atoms in total. The molecule has 1 atom stereocenters. The van der Waals surface area contributed by atoms with Crippen LogP contribution in [-0.4, -0.2) is 17.6 Å². The molecule has 0 aromatic heterocycles. The Balaban J connectivity index is 2.28. The lowest BCUT2D eigenvalue weighted by Gasteiger charge is -2.05. The van der Waals surface area contributed by atoms with Crippen molar-refractivity contribution in [1.29, 1.82) is 0 Å². The molecule has 1 aliphatic heterocycles. The fraction of sp³-hybridized carbons (Fsp3) is 0.300. The SMILES string of the molecule is O=C(O)C[C@@H]1CNc2ccc(F)cc21. The van der Waals surface area contributed by atoms with Crippen LogP contribution in [0.5, 0.6) is 0 Å². The van der Waals surface area contributed by atoms with Crippen molar-refractivity contribution in [2.75, 3.05) is 11.9 Å². The van der Waals surface area contributed by atoms with Gasteiger partial charge in [0.1, 0.15) is 5.82 Å². The Labute approximate surface area is 80.6 Å². The fourth-order valence-electron chi connectivity index (χ4n) is 1.77. The standard InChI is InChI=1S/C10H10FNO2/c11-7-1-2-9-8(4-7)6(5-12-9)3-10(13)14/h1-2,4,6,12H,3,5H2,(H,13,14)/t6-/m1/s1. The fourth-order valence-corrected chi connectivity index (χ4v) is 1.77. The number of carboxylic acids is 1. The molecule has 1 aromatic rings. The highest BCUT2D eigenvalue weighted by atomic mass is 19.1. The molecule has 4 heteroatoms. The van der Waals surface area contributed by atoms with Crippen LogP contribution in [0, 0.1) is 5.82 Å². The molecule has 1 heterocycles. The second-order valence-electron chi connectivity index (χ2n) is 3.41. The summed E-state index contributed by atoms with van der Waals surface area (Å²) in [5.74, 6) is -1.28. The zero-order valence-corrected chi connectivity index (χ0v) is 7.46. The number of carboxylic acid groups (broad SMARTS) is 1. The zero-order valence-electron chi connectivity index (χ0n) is 7.46. The van der Waals surface area contributed by atoms with Gasteiger partial charge in [-0.3, -0.25) is 4.79 Å². The van der Waals surface area contributed by atoms with E-state index in [1.165, 1.54) is 12.1 Å². The van der Waals surface area contributed by atoms with Gasteiger partial charge < -0.3 is 10.4 Å². The maximum Gasteiger partial charge on any atom is 0.304 e. The van der Waals surface area contributed by atoms with Gasteiger partial charge in [-0.1, -0.05) is 0 Å². The number of carbonyl (C=O) groups is 1. The van der Waals surface area contributed by atoms with Gasteiger partial charge in [-0.2, -0.15) is 0 Å². The lowest BCUT2D eigenvalue weighted by Crippen LogP contribution is -2.08. The van der Waals surface area contributed by atoms with Crippen LogP contribution >= 0.6 is 0 Å². The zero-order chi connectivity index (χ0) is 10.1. The predicted octanol–water partition coefficient (Wildman–Crippen LogP) is 1.81. The van der Waals surface area contributed by atoms with Crippen LogP contribution in [-0.2, 0) is 4.79 Å². The number of hydrogen-bond acceptors (Lipinski definition) is 2. The topological polar surface area (TPSA) is 49.3 Å². The molecule has 0 saturated heterocycles. The molecule has 0 spiro atoms. The van der Waals surface area contributed by atoms with Gasteiger partial charge in [0.15, 0.2) is 0 Å². The molecule has 0 saturated carbocycles. The van der Waals surface area contributed by atoms with E-state index in [0.29, 0.717) is 6.54 Å². The minimum absolute atomic E-state index is 0.0451. The van der Waals surface area contributed by atoms with Gasteiger partial charge >= 0.3 is 5.97 Å². The van der Waals surface area contributed by atoms with Crippen LogP contribution in [0.1, 0.15) is 17.9 Å². The number of nitrogens with one attached hydrogen (secondary N) is 1. The number of halogens is 1. The summed E-state index contributed by atoms with van der Waals surface area (Å²) in [5.41, 5.74) is 1.62. The minimum atomic E-state index is -0.853. The van der Waals surface area contributed by atoms with Gasteiger partial charge in [0.25, 0.3) is 0 Å². The molecule has 14 heavy (non-hydrogen) atoms. The summed E-state index contributed by atoms with van der Waals surface area (Å²) in [7, 11) is 0. The van der Waals surface area contributed by atoms with Crippen LogP contribution in [0.2, 0.25) is 0 Å².